The van der Waals surface area contributed by atoms with E-state index in [1.165, 1.54) is 6.21 Å². The standard InChI is InChI=1S/C11H17N3O/c1-7(10-4-11(10)8(2)15)14-6-9(12)5-13-3/h6,11-13H,4-5H2,1-3H3/b10-7+,12-9?,14-6-/t11-/m1/s1. The molecule has 2 N–H and O–H groups in total. The molecular weight excluding hydrogens is 190 g/mol. The molecular formula is C11H17N3O. The molecule has 1 saturated carbocycles. The molecule has 0 amide bonds. The summed E-state index contributed by atoms with van der Waals surface area (Å²) in [6.07, 6.45) is 2.38. The van der Waals surface area contributed by atoms with E-state index < -0.39 is 0 Å². The molecule has 0 spiro atoms. The Morgan fingerprint density at radius 2 is 2.33 bits per heavy atom. The van der Waals surface area contributed by atoms with Gasteiger partial charge in [0, 0.05) is 24.4 Å². The van der Waals surface area contributed by atoms with Gasteiger partial charge in [-0.25, -0.2) is 0 Å². The highest BCUT2D eigenvalue weighted by Gasteiger charge is 2.35. The van der Waals surface area contributed by atoms with E-state index in [2.05, 4.69) is 10.3 Å². The Morgan fingerprint density at radius 3 is 2.80 bits per heavy atom. The van der Waals surface area contributed by atoms with Crippen molar-refractivity contribution in [2.45, 2.75) is 20.3 Å². The maximum absolute atomic E-state index is 11.0. The summed E-state index contributed by atoms with van der Waals surface area (Å²) in [4.78, 5) is 15.2. The van der Waals surface area contributed by atoms with Crippen molar-refractivity contribution in [1.82, 2.24) is 5.32 Å². The first-order valence-electron chi connectivity index (χ1n) is 5.02. The Balaban J connectivity index is 2.53. The lowest BCUT2D eigenvalue weighted by Crippen LogP contribution is -2.18. The summed E-state index contributed by atoms with van der Waals surface area (Å²) in [7, 11) is 1.79. The van der Waals surface area contributed by atoms with Gasteiger partial charge in [-0.1, -0.05) is 0 Å². The number of Topliss-reactive ketones (excluding diaryl/α,β-unsaturated/α-hetero) is 1. The van der Waals surface area contributed by atoms with Crippen LogP contribution in [0.25, 0.3) is 0 Å². The molecule has 4 heteroatoms. The van der Waals surface area contributed by atoms with Gasteiger partial charge in [0.05, 0.1) is 5.71 Å². The van der Waals surface area contributed by atoms with Crippen molar-refractivity contribution in [3.63, 3.8) is 0 Å². The molecule has 0 aromatic rings. The largest absolute Gasteiger partial charge is 0.314 e. The smallest absolute Gasteiger partial charge is 0.137 e. The average Bonchev–Trinajstić information content (AvgIpc) is 2.94. The SMILES string of the molecule is CNCC(=N)/C=N\C(C)=C1/C[C@@H]1C(C)=O. The van der Waals surface area contributed by atoms with Crippen molar-refractivity contribution in [1.29, 1.82) is 5.41 Å². The quantitative estimate of drug-likeness (QED) is 0.665. The molecule has 4 nitrogen and oxygen atoms in total. The molecule has 0 aromatic heterocycles. The van der Waals surface area contributed by atoms with Crippen LogP contribution in [0.1, 0.15) is 20.3 Å². The van der Waals surface area contributed by atoms with Gasteiger partial charge in [0.25, 0.3) is 0 Å². The lowest BCUT2D eigenvalue weighted by molar-refractivity contribution is -0.117. The van der Waals surface area contributed by atoms with Crippen LogP contribution in [0.2, 0.25) is 0 Å². The summed E-state index contributed by atoms with van der Waals surface area (Å²) in [6.45, 7) is 4.02. The van der Waals surface area contributed by atoms with Crippen molar-refractivity contribution in [2.24, 2.45) is 10.9 Å². The van der Waals surface area contributed by atoms with Crippen LogP contribution in [0.4, 0.5) is 0 Å². The highest BCUT2D eigenvalue weighted by Crippen LogP contribution is 2.40. The molecule has 0 bridgehead atoms. The lowest BCUT2D eigenvalue weighted by atomic mass is 10.2. The molecule has 0 radical (unpaired) electrons. The van der Waals surface area contributed by atoms with Gasteiger partial charge in [0.15, 0.2) is 0 Å². The molecule has 0 unspecified atom stereocenters. The van der Waals surface area contributed by atoms with Crippen LogP contribution in [-0.2, 0) is 4.79 Å². The first-order chi connectivity index (χ1) is 7.06. The summed E-state index contributed by atoms with van der Waals surface area (Å²) in [5.74, 6) is 0.311. The van der Waals surface area contributed by atoms with Gasteiger partial charge >= 0.3 is 0 Å². The molecule has 0 aliphatic heterocycles. The van der Waals surface area contributed by atoms with Gasteiger partial charge in [-0.3, -0.25) is 9.79 Å². The lowest BCUT2D eigenvalue weighted by Gasteiger charge is -1.95. The van der Waals surface area contributed by atoms with Gasteiger partial charge in [0.2, 0.25) is 0 Å². The number of carbonyl (C=O) groups excluding carboxylic acids is 1. The van der Waals surface area contributed by atoms with Gasteiger partial charge in [0.1, 0.15) is 5.78 Å². The Labute approximate surface area is 90.0 Å². The maximum Gasteiger partial charge on any atom is 0.137 e. The van der Waals surface area contributed by atoms with E-state index in [0.29, 0.717) is 12.3 Å². The van der Waals surface area contributed by atoms with E-state index in [0.717, 1.165) is 17.7 Å². The van der Waals surface area contributed by atoms with Gasteiger partial charge < -0.3 is 10.7 Å². The Morgan fingerprint density at radius 1 is 1.67 bits per heavy atom. The second kappa shape index (κ2) is 4.98. The summed E-state index contributed by atoms with van der Waals surface area (Å²) in [6, 6.07) is 0. The maximum atomic E-state index is 11.0. The summed E-state index contributed by atoms with van der Waals surface area (Å²) >= 11 is 0. The monoisotopic (exact) mass is 207 g/mol. The fourth-order valence-corrected chi connectivity index (χ4v) is 1.44. The molecule has 1 atom stereocenters. The van der Waals surface area contributed by atoms with E-state index in [1.807, 2.05) is 6.92 Å². The average molecular weight is 207 g/mol. The molecule has 15 heavy (non-hydrogen) atoms. The predicted molar refractivity (Wildman–Crippen MR) is 61.6 cm³/mol. The molecule has 1 rings (SSSR count). The fraction of sp³-hybridized carbons (Fsp3) is 0.545. The predicted octanol–water partition coefficient (Wildman–Crippen LogP) is 1.18. The minimum absolute atomic E-state index is 0.0978. The van der Waals surface area contributed by atoms with Crippen LogP contribution in [-0.4, -0.2) is 31.3 Å². The number of ketones is 1. The number of rotatable bonds is 5. The van der Waals surface area contributed by atoms with Crippen LogP contribution in [0.15, 0.2) is 16.3 Å². The van der Waals surface area contributed by atoms with Crippen LogP contribution >= 0.6 is 0 Å². The zero-order valence-corrected chi connectivity index (χ0v) is 9.42. The molecule has 82 valence electrons. The van der Waals surface area contributed by atoms with E-state index in [-0.39, 0.29) is 11.7 Å². The zero-order valence-electron chi connectivity index (χ0n) is 9.42. The first-order valence-corrected chi connectivity index (χ1v) is 5.02. The number of hydrogen-bond donors (Lipinski definition) is 2. The van der Waals surface area contributed by atoms with Gasteiger partial charge in [-0.15, -0.1) is 0 Å². The second-order valence-corrected chi connectivity index (χ2v) is 3.79. The number of nitrogens with one attached hydrogen (secondary N) is 2. The molecule has 1 fully saturated rings. The van der Waals surface area contributed by atoms with E-state index in [1.54, 1.807) is 14.0 Å². The number of nitrogens with zero attached hydrogens (tertiary/aromatic N) is 1. The van der Waals surface area contributed by atoms with E-state index in [9.17, 15) is 4.79 Å². The van der Waals surface area contributed by atoms with E-state index in [4.69, 9.17) is 5.41 Å². The van der Waals surface area contributed by atoms with Crippen molar-refractivity contribution in [2.75, 3.05) is 13.6 Å². The van der Waals surface area contributed by atoms with Crippen molar-refractivity contribution < 1.29 is 4.79 Å². The molecule has 0 aromatic carbocycles. The Hall–Kier alpha value is -1.29. The minimum Gasteiger partial charge on any atom is -0.314 e. The topological polar surface area (TPSA) is 65.3 Å². The van der Waals surface area contributed by atoms with Crippen molar-refractivity contribution in [3.8, 4) is 0 Å². The zero-order chi connectivity index (χ0) is 11.4. The van der Waals surface area contributed by atoms with Crippen molar-refractivity contribution in [3.05, 3.63) is 11.3 Å². The Kier molecular flexibility index (Phi) is 3.91. The highest BCUT2D eigenvalue weighted by molar-refractivity contribution is 6.30. The molecule has 0 saturated heterocycles. The van der Waals surface area contributed by atoms with Gasteiger partial charge in [-0.2, -0.15) is 0 Å². The van der Waals surface area contributed by atoms with Gasteiger partial charge in [-0.05, 0) is 32.9 Å². The molecule has 1 aliphatic carbocycles. The van der Waals surface area contributed by atoms with Crippen molar-refractivity contribution >= 4 is 17.7 Å². The fourth-order valence-electron chi connectivity index (χ4n) is 1.44. The van der Waals surface area contributed by atoms with Crippen LogP contribution in [0, 0.1) is 11.3 Å². The number of allylic oxidation sites excluding steroid dienone is 2. The molecule has 1 aliphatic rings. The normalized spacial score (nSPS) is 23.0. The Bertz CT molecular complexity index is 342. The van der Waals surface area contributed by atoms with E-state index >= 15 is 0 Å². The third-order valence-electron chi connectivity index (χ3n) is 2.42. The summed E-state index contributed by atoms with van der Waals surface area (Å²) < 4.78 is 0. The van der Waals surface area contributed by atoms with Crippen LogP contribution in [0.5, 0.6) is 0 Å². The third-order valence-corrected chi connectivity index (χ3v) is 2.42. The summed E-state index contributed by atoms with van der Waals surface area (Å²) in [5.41, 5.74) is 2.45. The highest BCUT2D eigenvalue weighted by atomic mass is 16.1. The third kappa shape index (κ3) is 3.40. The van der Waals surface area contributed by atoms with Crippen LogP contribution in [0.3, 0.4) is 0 Å². The molecule has 0 heterocycles. The second-order valence-electron chi connectivity index (χ2n) is 3.79. The number of carbonyl (C=O) groups is 1. The van der Waals surface area contributed by atoms with Crippen LogP contribution < -0.4 is 5.32 Å². The first kappa shape index (κ1) is 11.8. The number of aliphatic imine (C=N–C) groups is 1. The number of hydrogen-bond acceptors (Lipinski definition) is 4. The minimum atomic E-state index is 0.0978. The summed E-state index contributed by atoms with van der Waals surface area (Å²) in [5, 5.41) is 10.4.